The largest absolute Gasteiger partial charge is 0.481 e. The van der Waals surface area contributed by atoms with Gasteiger partial charge in [-0.25, -0.2) is 0 Å². The highest BCUT2D eigenvalue weighted by Gasteiger charge is 2.21. The summed E-state index contributed by atoms with van der Waals surface area (Å²) in [7, 11) is 0. The van der Waals surface area contributed by atoms with E-state index >= 15 is 0 Å². The number of carboxylic acids is 1. The summed E-state index contributed by atoms with van der Waals surface area (Å²) in [4.78, 5) is 10.7. The second-order valence-corrected chi connectivity index (χ2v) is 4.44. The lowest BCUT2D eigenvalue weighted by atomic mass is 9.98. The Hall–Kier alpha value is -0.770. The quantitative estimate of drug-likeness (QED) is 0.877. The number of carboxylic acid groups (broad SMARTS) is 1. The van der Waals surface area contributed by atoms with Gasteiger partial charge in [-0.05, 0) is 18.6 Å². The second kappa shape index (κ2) is 5.53. The molecule has 0 aliphatic rings. The van der Waals surface area contributed by atoms with Crippen molar-refractivity contribution in [2.75, 3.05) is 0 Å². The maximum Gasteiger partial charge on any atom is 0.306 e. The van der Waals surface area contributed by atoms with E-state index < -0.39 is 18.0 Å². The Bertz CT molecular complexity index is 373. The third-order valence-corrected chi connectivity index (χ3v) is 2.99. The minimum atomic E-state index is -0.965. The van der Waals surface area contributed by atoms with Gasteiger partial charge in [0.15, 0.2) is 0 Å². The molecule has 1 aromatic rings. The van der Waals surface area contributed by atoms with Crippen molar-refractivity contribution in [2.24, 2.45) is 5.92 Å². The van der Waals surface area contributed by atoms with E-state index in [4.69, 9.17) is 28.3 Å². The average molecular weight is 263 g/mol. The standard InChI is InChI=1S/C11H12Cl2O3/c1-6(11(15)16)5-9(14)10-7(12)3-2-4-8(10)13/h2-4,6,9,14H,5H2,1H3,(H,15,16). The Morgan fingerprint density at radius 2 is 1.88 bits per heavy atom. The monoisotopic (exact) mass is 262 g/mol. The number of hydrogen-bond acceptors (Lipinski definition) is 2. The summed E-state index contributed by atoms with van der Waals surface area (Å²) in [5.41, 5.74) is 0.388. The molecule has 0 bridgehead atoms. The van der Waals surface area contributed by atoms with Crippen molar-refractivity contribution in [3.05, 3.63) is 33.8 Å². The van der Waals surface area contributed by atoms with Gasteiger partial charge in [0.05, 0.1) is 12.0 Å². The maximum atomic E-state index is 10.7. The van der Waals surface area contributed by atoms with Crippen LogP contribution in [0.5, 0.6) is 0 Å². The molecule has 1 aromatic carbocycles. The van der Waals surface area contributed by atoms with Gasteiger partial charge in [-0.15, -0.1) is 0 Å². The molecule has 1 rings (SSSR count). The van der Waals surface area contributed by atoms with Gasteiger partial charge < -0.3 is 10.2 Å². The molecule has 0 amide bonds. The number of benzene rings is 1. The van der Waals surface area contributed by atoms with Crippen LogP contribution >= 0.6 is 23.2 Å². The van der Waals surface area contributed by atoms with Crippen LogP contribution in [-0.4, -0.2) is 16.2 Å². The molecule has 0 saturated carbocycles. The SMILES string of the molecule is CC(CC(O)c1c(Cl)cccc1Cl)C(=O)O. The Labute approximate surface area is 104 Å². The third kappa shape index (κ3) is 3.11. The summed E-state index contributed by atoms with van der Waals surface area (Å²) >= 11 is 11.8. The van der Waals surface area contributed by atoms with E-state index in [1.54, 1.807) is 18.2 Å². The molecule has 0 saturated heterocycles. The Balaban J connectivity index is 2.88. The van der Waals surface area contributed by atoms with Crippen LogP contribution in [0.15, 0.2) is 18.2 Å². The summed E-state index contributed by atoms with van der Waals surface area (Å²) in [6.45, 7) is 1.52. The molecule has 3 nitrogen and oxygen atoms in total. The molecule has 0 aliphatic carbocycles. The van der Waals surface area contributed by atoms with Crippen LogP contribution in [0.2, 0.25) is 10.0 Å². The molecule has 16 heavy (non-hydrogen) atoms. The van der Waals surface area contributed by atoms with Crippen molar-refractivity contribution in [1.82, 2.24) is 0 Å². The van der Waals surface area contributed by atoms with Crippen molar-refractivity contribution >= 4 is 29.2 Å². The minimum Gasteiger partial charge on any atom is -0.481 e. The molecule has 0 aliphatic heterocycles. The number of aliphatic hydroxyl groups is 1. The normalized spacial score (nSPS) is 14.5. The van der Waals surface area contributed by atoms with Crippen LogP contribution in [0.3, 0.4) is 0 Å². The number of halogens is 2. The van der Waals surface area contributed by atoms with Gasteiger partial charge in [0.25, 0.3) is 0 Å². The van der Waals surface area contributed by atoms with Crippen LogP contribution in [0, 0.1) is 5.92 Å². The van der Waals surface area contributed by atoms with Gasteiger partial charge in [-0.3, -0.25) is 4.79 Å². The maximum absolute atomic E-state index is 10.7. The number of aliphatic carboxylic acids is 1. The topological polar surface area (TPSA) is 57.5 Å². The van der Waals surface area contributed by atoms with Crippen LogP contribution in [0.1, 0.15) is 25.0 Å². The zero-order chi connectivity index (χ0) is 12.3. The predicted molar refractivity (Wildman–Crippen MR) is 62.8 cm³/mol. The fourth-order valence-electron chi connectivity index (χ4n) is 1.38. The molecule has 2 atom stereocenters. The van der Waals surface area contributed by atoms with Crippen molar-refractivity contribution < 1.29 is 15.0 Å². The lowest BCUT2D eigenvalue weighted by Gasteiger charge is -2.16. The fraction of sp³-hybridized carbons (Fsp3) is 0.364. The van der Waals surface area contributed by atoms with Gasteiger partial charge in [0.1, 0.15) is 0 Å². The smallest absolute Gasteiger partial charge is 0.306 e. The molecule has 2 unspecified atom stereocenters. The molecule has 0 spiro atoms. The van der Waals surface area contributed by atoms with Gasteiger partial charge in [0, 0.05) is 15.6 Å². The molecule has 0 fully saturated rings. The van der Waals surface area contributed by atoms with Crippen molar-refractivity contribution in [2.45, 2.75) is 19.4 Å². The third-order valence-electron chi connectivity index (χ3n) is 2.33. The molecular formula is C11H12Cl2O3. The minimum absolute atomic E-state index is 0.0821. The first kappa shape index (κ1) is 13.3. The summed E-state index contributed by atoms with van der Waals surface area (Å²) in [5, 5.41) is 19.3. The molecule has 2 N–H and O–H groups in total. The van der Waals surface area contributed by atoms with E-state index in [-0.39, 0.29) is 6.42 Å². The number of aliphatic hydroxyl groups excluding tert-OH is 1. The molecular weight excluding hydrogens is 251 g/mol. The van der Waals surface area contributed by atoms with Crippen molar-refractivity contribution in [3.63, 3.8) is 0 Å². The van der Waals surface area contributed by atoms with E-state index in [0.29, 0.717) is 15.6 Å². The van der Waals surface area contributed by atoms with E-state index in [1.807, 2.05) is 0 Å². The highest BCUT2D eigenvalue weighted by Crippen LogP contribution is 2.33. The van der Waals surface area contributed by atoms with Crippen LogP contribution in [0.25, 0.3) is 0 Å². The molecule has 0 heterocycles. The predicted octanol–water partition coefficient (Wildman–Crippen LogP) is 3.14. The number of hydrogen-bond donors (Lipinski definition) is 2. The summed E-state index contributed by atoms with van der Waals surface area (Å²) < 4.78 is 0. The lowest BCUT2D eigenvalue weighted by molar-refractivity contribution is -0.142. The zero-order valence-corrected chi connectivity index (χ0v) is 10.2. The first-order valence-electron chi connectivity index (χ1n) is 4.78. The fourth-order valence-corrected chi connectivity index (χ4v) is 2.03. The van der Waals surface area contributed by atoms with Gasteiger partial charge >= 0.3 is 5.97 Å². The van der Waals surface area contributed by atoms with E-state index in [0.717, 1.165) is 0 Å². The Morgan fingerprint density at radius 3 is 2.31 bits per heavy atom. The lowest BCUT2D eigenvalue weighted by Crippen LogP contribution is -2.14. The number of carbonyl (C=O) groups is 1. The van der Waals surface area contributed by atoms with E-state index in [9.17, 15) is 9.90 Å². The van der Waals surface area contributed by atoms with E-state index in [1.165, 1.54) is 6.92 Å². The summed E-state index contributed by atoms with van der Waals surface area (Å²) in [6, 6.07) is 4.89. The highest BCUT2D eigenvalue weighted by atomic mass is 35.5. The molecule has 88 valence electrons. The van der Waals surface area contributed by atoms with Crippen molar-refractivity contribution in [1.29, 1.82) is 0 Å². The van der Waals surface area contributed by atoms with Crippen LogP contribution in [-0.2, 0) is 4.79 Å². The first-order chi connectivity index (χ1) is 7.43. The van der Waals surface area contributed by atoms with Crippen molar-refractivity contribution in [3.8, 4) is 0 Å². The molecule has 5 heteroatoms. The van der Waals surface area contributed by atoms with Gasteiger partial charge in [-0.1, -0.05) is 36.2 Å². The average Bonchev–Trinajstić information content (AvgIpc) is 2.16. The Kier molecular flexibility index (Phi) is 4.59. The van der Waals surface area contributed by atoms with Gasteiger partial charge in [0.2, 0.25) is 0 Å². The molecule has 0 aromatic heterocycles. The Morgan fingerprint density at radius 1 is 1.38 bits per heavy atom. The van der Waals surface area contributed by atoms with Gasteiger partial charge in [-0.2, -0.15) is 0 Å². The summed E-state index contributed by atoms with van der Waals surface area (Å²) in [5.74, 6) is -1.61. The number of rotatable bonds is 4. The second-order valence-electron chi connectivity index (χ2n) is 3.63. The zero-order valence-electron chi connectivity index (χ0n) is 8.65. The first-order valence-corrected chi connectivity index (χ1v) is 5.54. The van der Waals surface area contributed by atoms with Crippen LogP contribution < -0.4 is 0 Å². The van der Waals surface area contributed by atoms with Crippen LogP contribution in [0.4, 0.5) is 0 Å². The highest BCUT2D eigenvalue weighted by molar-refractivity contribution is 6.36. The summed E-state index contributed by atoms with van der Waals surface area (Å²) in [6.07, 6.45) is -0.883. The molecule has 0 radical (unpaired) electrons. The van der Waals surface area contributed by atoms with E-state index in [2.05, 4.69) is 0 Å².